The van der Waals surface area contributed by atoms with E-state index in [1.54, 1.807) is 13.8 Å². The van der Waals surface area contributed by atoms with Gasteiger partial charge in [0.1, 0.15) is 17.6 Å². The van der Waals surface area contributed by atoms with Gasteiger partial charge in [-0.1, -0.05) is 0 Å². The number of nitrogens with one attached hydrogen (secondary N) is 2. The molecule has 2 N–H and O–H groups in total. The van der Waals surface area contributed by atoms with E-state index in [1.165, 1.54) is 13.2 Å². The van der Waals surface area contributed by atoms with Crippen LogP contribution >= 0.6 is 0 Å². The van der Waals surface area contributed by atoms with Crippen LogP contribution in [-0.4, -0.2) is 41.6 Å². The third kappa shape index (κ3) is 4.67. The number of nitrogens with zero attached hydrogens (tertiary/aromatic N) is 2. The Balaban J connectivity index is 3.10. The van der Waals surface area contributed by atoms with Crippen molar-refractivity contribution in [3.8, 4) is 0 Å². The van der Waals surface area contributed by atoms with Crippen LogP contribution in [0.15, 0.2) is 12.3 Å². The molecule has 0 radical (unpaired) electrons. The average molecular weight is 296 g/mol. The number of carbonyl (C=O) groups is 1. The monoisotopic (exact) mass is 296 g/mol. The third-order valence-corrected chi connectivity index (χ3v) is 2.64. The van der Waals surface area contributed by atoms with Crippen molar-refractivity contribution in [1.29, 1.82) is 0 Å². The average Bonchev–Trinajstić information content (AvgIpc) is 2.38. The largest absolute Gasteiger partial charge is 0.382 e. The van der Waals surface area contributed by atoms with Crippen molar-refractivity contribution >= 4 is 17.4 Å². The molecule has 1 aromatic heterocycles. The van der Waals surface area contributed by atoms with Gasteiger partial charge >= 0.3 is 0 Å². The van der Waals surface area contributed by atoms with Crippen LogP contribution in [0, 0.1) is 10.1 Å². The van der Waals surface area contributed by atoms with E-state index in [0.29, 0.717) is 12.4 Å². The van der Waals surface area contributed by atoms with Crippen molar-refractivity contribution in [2.45, 2.75) is 26.3 Å². The summed E-state index contributed by atoms with van der Waals surface area (Å²) in [6.45, 7) is 6.29. The van der Waals surface area contributed by atoms with E-state index in [4.69, 9.17) is 4.74 Å². The number of aromatic nitrogens is 1. The van der Waals surface area contributed by atoms with Gasteiger partial charge in [0.25, 0.3) is 11.6 Å². The number of amides is 1. The summed E-state index contributed by atoms with van der Waals surface area (Å²) in [6, 6.07) is 1.37. The molecule has 0 aliphatic rings. The van der Waals surface area contributed by atoms with Crippen LogP contribution in [0.25, 0.3) is 0 Å². The maximum absolute atomic E-state index is 12.3. The Kier molecular flexibility index (Phi) is 5.60. The number of carbonyl (C=O) groups excluding carboxylic acids is 1. The molecule has 1 aromatic rings. The summed E-state index contributed by atoms with van der Waals surface area (Å²) >= 11 is 0. The lowest BCUT2D eigenvalue weighted by atomic mass is 10.1. The lowest BCUT2D eigenvalue weighted by Gasteiger charge is -2.25. The van der Waals surface area contributed by atoms with Gasteiger partial charge in [0, 0.05) is 19.7 Å². The minimum Gasteiger partial charge on any atom is -0.382 e. The van der Waals surface area contributed by atoms with Crippen molar-refractivity contribution < 1.29 is 14.5 Å². The Morgan fingerprint density at radius 3 is 2.71 bits per heavy atom. The highest BCUT2D eigenvalue weighted by molar-refractivity contribution is 5.99. The van der Waals surface area contributed by atoms with E-state index in [9.17, 15) is 14.9 Å². The first-order valence-corrected chi connectivity index (χ1v) is 6.50. The molecule has 0 aliphatic heterocycles. The van der Waals surface area contributed by atoms with Gasteiger partial charge in [-0.05, 0) is 20.8 Å². The number of ether oxygens (including phenoxy) is 1. The normalized spacial score (nSPS) is 11.0. The Hall–Kier alpha value is -2.22. The lowest BCUT2D eigenvalue weighted by Crippen LogP contribution is -2.46. The van der Waals surface area contributed by atoms with Gasteiger partial charge in [0.15, 0.2) is 0 Å². The highest BCUT2D eigenvalue weighted by Gasteiger charge is 2.27. The molecule has 0 atom stereocenters. The first kappa shape index (κ1) is 16.8. The Bertz CT molecular complexity index is 531. The molecule has 116 valence electrons. The summed E-state index contributed by atoms with van der Waals surface area (Å²) < 4.78 is 5.01. The molecule has 0 bridgehead atoms. The third-order valence-electron chi connectivity index (χ3n) is 2.64. The maximum atomic E-state index is 12.3. The van der Waals surface area contributed by atoms with Gasteiger partial charge in [0.05, 0.1) is 17.1 Å². The summed E-state index contributed by atoms with van der Waals surface area (Å²) in [5.74, 6) is -0.122. The van der Waals surface area contributed by atoms with Crippen LogP contribution < -0.4 is 10.6 Å². The summed E-state index contributed by atoms with van der Waals surface area (Å²) in [6.07, 6.45) is 1.08. The van der Waals surface area contributed by atoms with Crippen molar-refractivity contribution in [2.24, 2.45) is 0 Å². The van der Waals surface area contributed by atoms with Gasteiger partial charge in [-0.15, -0.1) is 0 Å². The molecule has 0 aliphatic carbocycles. The minimum absolute atomic E-state index is 0.0323. The molecule has 0 spiro atoms. The molecule has 21 heavy (non-hydrogen) atoms. The molecule has 0 aromatic carbocycles. The molecule has 0 unspecified atom stereocenters. The number of hydrogen-bond donors (Lipinski definition) is 2. The van der Waals surface area contributed by atoms with Crippen molar-refractivity contribution in [3.05, 3.63) is 27.9 Å². The predicted octanol–water partition coefficient (Wildman–Crippen LogP) is 1.58. The zero-order valence-corrected chi connectivity index (χ0v) is 12.6. The zero-order chi connectivity index (χ0) is 16.0. The highest BCUT2D eigenvalue weighted by atomic mass is 16.6. The van der Waals surface area contributed by atoms with Crippen LogP contribution in [0.5, 0.6) is 0 Å². The van der Waals surface area contributed by atoms with Crippen molar-refractivity contribution in [2.75, 3.05) is 25.6 Å². The molecule has 8 nitrogen and oxygen atoms in total. The van der Waals surface area contributed by atoms with Gasteiger partial charge in [0.2, 0.25) is 0 Å². The smallest absolute Gasteiger partial charge is 0.300 e. The number of anilines is 1. The van der Waals surface area contributed by atoms with E-state index >= 15 is 0 Å². The van der Waals surface area contributed by atoms with E-state index in [0.717, 1.165) is 6.20 Å². The number of hydrogen-bond acceptors (Lipinski definition) is 6. The molecule has 0 fully saturated rings. The van der Waals surface area contributed by atoms with E-state index in [-0.39, 0.29) is 17.9 Å². The Morgan fingerprint density at radius 2 is 2.19 bits per heavy atom. The van der Waals surface area contributed by atoms with Crippen LogP contribution in [0.4, 0.5) is 11.5 Å². The molecule has 1 heterocycles. The number of methoxy groups -OCH3 is 1. The Morgan fingerprint density at radius 1 is 1.52 bits per heavy atom. The van der Waals surface area contributed by atoms with Crippen LogP contribution in [-0.2, 0) is 4.74 Å². The van der Waals surface area contributed by atoms with Crippen molar-refractivity contribution in [1.82, 2.24) is 10.3 Å². The summed E-state index contributed by atoms with van der Waals surface area (Å²) in [7, 11) is 1.52. The first-order chi connectivity index (χ1) is 9.80. The van der Waals surface area contributed by atoms with Crippen LogP contribution in [0.1, 0.15) is 31.1 Å². The SMILES string of the molecule is CCNc1cc(C(=O)NC(C)(C)COC)c([N+](=O)[O-])cn1. The summed E-state index contributed by atoms with van der Waals surface area (Å²) in [4.78, 5) is 26.6. The van der Waals surface area contributed by atoms with Gasteiger partial charge < -0.3 is 15.4 Å². The lowest BCUT2D eigenvalue weighted by molar-refractivity contribution is -0.385. The topological polar surface area (TPSA) is 106 Å². The molecular weight excluding hydrogens is 276 g/mol. The number of nitro groups is 1. The van der Waals surface area contributed by atoms with Gasteiger partial charge in [-0.25, -0.2) is 4.98 Å². The predicted molar refractivity (Wildman–Crippen MR) is 78.5 cm³/mol. The fourth-order valence-corrected chi connectivity index (χ4v) is 1.82. The summed E-state index contributed by atoms with van der Waals surface area (Å²) in [5, 5.41) is 16.7. The molecule has 8 heteroatoms. The first-order valence-electron chi connectivity index (χ1n) is 6.50. The van der Waals surface area contributed by atoms with E-state index in [1.807, 2.05) is 6.92 Å². The maximum Gasteiger partial charge on any atom is 0.300 e. The second-order valence-corrected chi connectivity index (χ2v) is 5.15. The van der Waals surface area contributed by atoms with Gasteiger partial charge in [-0.3, -0.25) is 14.9 Å². The highest BCUT2D eigenvalue weighted by Crippen LogP contribution is 2.21. The van der Waals surface area contributed by atoms with Crippen LogP contribution in [0.3, 0.4) is 0 Å². The van der Waals surface area contributed by atoms with Crippen molar-refractivity contribution in [3.63, 3.8) is 0 Å². The summed E-state index contributed by atoms with van der Waals surface area (Å²) in [5.41, 5.74) is -1.00. The fourth-order valence-electron chi connectivity index (χ4n) is 1.82. The van der Waals surface area contributed by atoms with E-state index in [2.05, 4.69) is 15.6 Å². The molecule has 0 saturated carbocycles. The molecule has 1 amide bonds. The quantitative estimate of drug-likeness (QED) is 0.584. The zero-order valence-electron chi connectivity index (χ0n) is 12.6. The second kappa shape index (κ2) is 6.98. The van der Waals surface area contributed by atoms with Crippen LogP contribution in [0.2, 0.25) is 0 Å². The van der Waals surface area contributed by atoms with Gasteiger partial charge in [-0.2, -0.15) is 0 Å². The molecule has 0 saturated heterocycles. The Labute approximate surface area is 123 Å². The standard InChI is InChI=1S/C13H20N4O4/c1-5-14-11-6-9(10(7-15-11)17(19)20)12(18)16-13(2,3)8-21-4/h6-7H,5,8H2,1-4H3,(H,14,15)(H,16,18). The minimum atomic E-state index is -0.638. The molecular formula is C13H20N4O4. The second-order valence-electron chi connectivity index (χ2n) is 5.15. The van der Waals surface area contributed by atoms with E-state index < -0.39 is 16.4 Å². The number of pyridine rings is 1. The number of rotatable bonds is 7. The fraction of sp³-hybridized carbons (Fsp3) is 0.538. The molecule has 1 rings (SSSR count).